The number of benzene rings is 1. The number of nitrogens with zero attached hydrogens (tertiary/aromatic N) is 1. The normalized spacial score (nSPS) is 9.40. The molecule has 0 fully saturated rings. The molecule has 0 unspecified atom stereocenters. The summed E-state index contributed by atoms with van der Waals surface area (Å²) in [5.74, 6) is 0. The molecule has 2 aromatic rings. The highest BCUT2D eigenvalue weighted by Gasteiger charge is 1.96. The number of hydrogen-bond acceptors (Lipinski definition) is 3. The third kappa shape index (κ3) is 2.62. The average Bonchev–Trinajstić information content (AvgIpc) is 2.30. The van der Waals surface area contributed by atoms with Gasteiger partial charge in [0.05, 0.1) is 5.69 Å². The Hall–Kier alpha value is -1.71. The molecular formula is C12H15N3. The summed E-state index contributed by atoms with van der Waals surface area (Å²) >= 11 is 0. The Morgan fingerprint density at radius 2 is 1.73 bits per heavy atom. The predicted molar refractivity (Wildman–Crippen MR) is 62.6 cm³/mol. The van der Waals surface area contributed by atoms with E-state index in [9.17, 15) is 0 Å². The van der Waals surface area contributed by atoms with E-state index in [4.69, 9.17) is 5.73 Å². The summed E-state index contributed by atoms with van der Waals surface area (Å²) < 4.78 is 0. The highest BCUT2D eigenvalue weighted by Crippen LogP contribution is 2.16. The number of rotatable bonds is 2. The Morgan fingerprint density at radius 1 is 1.00 bits per heavy atom. The number of nitrogens with two attached hydrogens (primary N) is 1. The second-order valence-electron chi connectivity index (χ2n) is 3.12. The number of hydrogen-bond donors (Lipinski definition) is 2. The van der Waals surface area contributed by atoms with Crippen LogP contribution < -0.4 is 11.9 Å². The van der Waals surface area contributed by atoms with Crippen LogP contribution in [0.15, 0.2) is 48.7 Å². The van der Waals surface area contributed by atoms with E-state index in [1.807, 2.05) is 42.5 Å². The molecule has 0 aliphatic heterocycles. The third-order valence-corrected chi connectivity index (χ3v) is 2.15. The Bertz CT molecular complexity index is 395. The largest absolute Gasteiger partial charge is 0.344 e. The Kier molecular flexibility index (Phi) is 3.97. The minimum atomic E-state index is 0. The van der Waals surface area contributed by atoms with Crippen LogP contribution in [0.4, 0.5) is 0 Å². The van der Waals surface area contributed by atoms with Crippen LogP contribution in [0.2, 0.25) is 0 Å². The van der Waals surface area contributed by atoms with Crippen LogP contribution in [0.5, 0.6) is 0 Å². The molecule has 0 saturated heterocycles. The fourth-order valence-corrected chi connectivity index (χ4v) is 1.35. The van der Waals surface area contributed by atoms with Crippen molar-refractivity contribution in [1.82, 2.24) is 11.1 Å². The molecule has 15 heavy (non-hydrogen) atoms. The van der Waals surface area contributed by atoms with Gasteiger partial charge < -0.3 is 11.9 Å². The molecule has 0 saturated carbocycles. The van der Waals surface area contributed by atoms with Crippen molar-refractivity contribution in [2.75, 3.05) is 0 Å². The maximum atomic E-state index is 5.52. The second-order valence-corrected chi connectivity index (χ2v) is 3.12. The molecule has 3 heteroatoms. The first kappa shape index (κ1) is 11.4. The Labute approximate surface area is 89.5 Å². The van der Waals surface area contributed by atoms with Crippen molar-refractivity contribution in [3.05, 3.63) is 54.2 Å². The summed E-state index contributed by atoms with van der Waals surface area (Å²) in [5.41, 5.74) is 8.79. The van der Waals surface area contributed by atoms with E-state index < -0.39 is 0 Å². The van der Waals surface area contributed by atoms with Gasteiger partial charge in [0.25, 0.3) is 0 Å². The maximum Gasteiger partial charge on any atom is 0.0701 e. The molecule has 1 heterocycles. The van der Waals surface area contributed by atoms with Gasteiger partial charge in [-0.2, -0.15) is 0 Å². The van der Waals surface area contributed by atoms with Gasteiger partial charge in [0.2, 0.25) is 0 Å². The van der Waals surface area contributed by atoms with Gasteiger partial charge in [-0.1, -0.05) is 30.3 Å². The monoisotopic (exact) mass is 201 g/mol. The summed E-state index contributed by atoms with van der Waals surface area (Å²) in [6, 6.07) is 14.1. The van der Waals surface area contributed by atoms with Gasteiger partial charge in [0.1, 0.15) is 0 Å². The standard InChI is InChI=1S/C12H12N2.H3N/c13-9-10-4-6-11(7-5-10)12-3-1-2-8-14-12;/h1-8H,9,13H2;1H3. The van der Waals surface area contributed by atoms with Crippen molar-refractivity contribution in [3.63, 3.8) is 0 Å². The minimum absolute atomic E-state index is 0. The van der Waals surface area contributed by atoms with E-state index in [0.717, 1.165) is 16.8 Å². The number of pyridine rings is 1. The fourth-order valence-electron chi connectivity index (χ4n) is 1.35. The quantitative estimate of drug-likeness (QED) is 0.783. The zero-order valence-electron chi connectivity index (χ0n) is 8.56. The van der Waals surface area contributed by atoms with Gasteiger partial charge in [-0.05, 0) is 17.7 Å². The summed E-state index contributed by atoms with van der Waals surface area (Å²) in [6.45, 7) is 0.586. The molecule has 1 aromatic carbocycles. The molecular weight excluding hydrogens is 186 g/mol. The lowest BCUT2D eigenvalue weighted by Crippen LogP contribution is -1.95. The summed E-state index contributed by atoms with van der Waals surface area (Å²) in [7, 11) is 0. The van der Waals surface area contributed by atoms with Crippen molar-refractivity contribution in [2.45, 2.75) is 6.54 Å². The summed E-state index contributed by atoms with van der Waals surface area (Å²) in [6.07, 6.45) is 1.80. The van der Waals surface area contributed by atoms with E-state index in [2.05, 4.69) is 4.98 Å². The topological polar surface area (TPSA) is 73.9 Å². The Morgan fingerprint density at radius 3 is 2.27 bits per heavy atom. The first-order valence-corrected chi connectivity index (χ1v) is 4.60. The van der Waals surface area contributed by atoms with E-state index in [-0.39, 0.29) is 6.15 Å². The molecule has 0 bridgehead atoms. The minimum Gasteiger partial charge on any atom is -0.344 e. The van der Waals surface area contributed by atoms with Crippen LogP contribution >= 0.6 is 0 Å². The summed E-state index contributed by atoms with van der Waals surface area (Å²) in [5, 5.41) is 0. The van der Waals surface area contributed by atoms with Crippen LogP contribution in [0.1, 0.15) is 5.56 Å². The van der Waals surface area contributed by atoms with Gasteiger partial charge >= 0.3 is 0 Å². The van der Waals surface area contributed by atoms with E-state index >= 15 is 0 Å². The molecule has 0 aliphatic carbocycles. The van der Waals surface area contributed by atoms with Gasteiger partial charge in [-0.15, -0.1) is 0 Å². The predicted octanol–water partition coefficient (Wildman–Crippen LogP) is 2.37. The van der Waals surface area contributed by atoms with Gasteiger partial charge in [0, 0.05) is 18.3 Å². The van der Waals surface area contributed by atoms with E-state index in [1.165, 1.54) is 0 Å². The number of aromatic nitrogens is 1. The van der Waals surface area contributed by atoms with Crippen molar-refractivity contribution in [3.8, 4) is 11.3 Å². The lowest BCUT2D eigenvalue weighted by atomic mass is 10.1. The first-order chi connectivity index (χ1) is 6.90. The lowest BCUT2D eigenvalue weighted by Gasteiger charge is -2.01. The molecule has 78 valence electrons. The molecule has 1 aromatic heterocycles. The van der Waals surface area contributed by atoms with Crippen LogP contribution in [0.25, 0.3) is 11.3 Å². The van der Waals surface area contributed by atoms with Crippen LogP contribution in [0.3, 0.4) is 0 Å². The highest BCUT2D eigenvalue weighted by atomic mass is 14.7. The van der Waals surface area contributed by atoms with Gasteiger partial charge in [-0.3, -0.25) is 4.98 Å². The SMILES string of the molecule is N.NCc1ccc(-c2ccccn2)cc1. The molecule has 5 N–H and O–H groups in total. The zero-order chi connectivity index (χ0) is 9.80. The van der Waals surface area contributed by atoms with Crippen LogP contribution in [-0.2, 0) is 6.54 Å². The second kappa shape index (κ2) is 5.24. The molecule has 0 radical (unpaired) electrons. The smallest absolute Gasteiger partial charge is 0.0701 e. The summed E-state index contributed by atoms with van der Waals surface area (Å²) in [4.78, 5) is 4.27. The van der Waals surface area contributed by atoms with E-state index in [0.29, 0.717) is 6.54 Å². The molecule has 0 aliphatic rings. The molecule has 0 spiro atoms. The van der Waals surface area contributed by atoms with E-state index in [1.54, 1.807) is 6.20 Å². The van der Waals surface area contributed by atoms with Crippen LogP contribution in [-0.4, -0.2) is 4.98 Å². The average molecular weight is 201 g/mol. The van der Waals surface area contributed by atoms with Crippen molar-refractivity contribution in [1.29, 1.82) is 0 Å². The van der Waals surface area contributed by atoms with Crippen LogP contribution in [0, 0.1) is 0 Å². The van der Waals surface area contributed by atoms with Gasteiger partial charge in [-0.25, -0.2) is 0 Å². The van der Waals surface area contributed by atoms with Crippen molar-refractivity contribution < 1.29 is 0 Å². The maximum absolute atomic E-state index is 5.52. The highest BCUT2D eigenvalue weighted by molar-refractivity contribution is 5.58. The molecule has 0 atom stereocenters. The van der Waals surface area contributed by atoms with Crippen molar-refractivity contribution in [2.24, 2.45) is 5.73 Å². The van der Waals surface area contributed by atoms with Crippen molar-refractivity contribution >= 4 is 0 Å². The zero-order valence-corrected chi connectivity index (χ0v) is 8.56. The van der Waals surface area contributed by atoms with Gasteiger partial charge in [0.15, 0.2) is 0 Å². The molecule has 3 nitrogen and oxygen atoms in total. The first-order valence-electron chi connectivity index (χ1n) is 4.60. The molecule has 0 amide bonds. The molecule has 2 rings (SSSR count). The lowest BCUT2D eigenvalue weighted by molar-refractivity contribution is 1.07. The fraction of sp³-hybridized carbons (Fsp3) is 0.0833. The third-order valence-electron chi connectivity index (χ3n) is 2.15. The Balaban J connectivity index is 0.00000112.